The first-order valence-corrected chi connectivity index (χ1v) is 10.7. The lowest BCUT2D eigenvalue weighted by atomic mass is 10.0. The van der Waals surface area contributed by atoms with Crippen molar-refractivity contribution >= 4 is 41.5 Å². The van der Waals surface area contributed by atoms with Crippen LogP contribution < -0.4 is 10.6 Å². The van der Waals surface area contributed by atoms with Crippen LogP contribution in [-0.2, 0) is 10.3 Å². The van der Waals surface area contributed by atoms with Crippen LogP contribution in [0.3, 0.4) is 0 Å². The van der Waals surface area contributed by atoms with Crippen molar-refractivity contribution in [1.82, 2.24) is 15.5 Å². The molecule has 2 aromatic rings. The molecule has 0 amide bonds. The van der Waals surface area contributed by atoms with E-state index in [1.165, 1.54) is 5.56 Å². The van der Waals surface area contributed by atoms with E-state index < -0.39 is 5.60 Å². The van der Waals surface area contributed by atoms with E-state index in [2.05, 4.69) is 32.7 Å². The molecule has 2 atom stereocenters. The molecule has 31 heavy (non-hydrogen) atoms. The van der Waals surface area contributed by atoms with Crippen LogP contribution in [0.4, 0.5) is 0 Å². The zero-order valence-corrected chi connectivity index (χ0v) is 21.1. The number of aliphatic hydroxyl groups is 1. The quantitative estimate of drug-likeness (QED) is 0.260. The van der Waals surface area contributed by atoms with Crippen molar-refractivity contribution in [2.45, 2.75) is 25.5 Å². The van der Waals surface area contributed by atoms with Crippen molar-refractivity contribution in [1.29, 1.82) is 0 Å². The van der Waals surface area contributed by atoms with Gasteiger partial charge in [0.05, 0.1) is 32.1 Å². The third-order valence-electron chi connectivity index (χ3n) is 5.15. The van der Waals surface area contributed by atoms with Crippen LogP contribution in [0.25, 0.3) is 0 Å². The molecule has 0 spiro atoms. The summed E-state index contributed by atoms with van der Waals surface area (Å²) in [6.45, 7) is 8.47. The van der Waals surface area contributed by atoms with Crippen molar-refractivity contribution in [3.63, 3.8) is 0 Å². The second-order valence-corrected chi connectivity index (χ2v) is 7.98. The van der Waals surface area contributed by atoms with E-state index in [1.807, 2.05) is 19.1 Å². The predicted octanol–water partition coefficient (Wildman–Crippen LogP) is 3.39. The smallest absolute Gasteiger partial charge is 0.191 e. The van der Waals surface area contributed by atoms with Gasteiger partial charge in [-0.25, -0.2) is 4.99 Å². The molecule has 7 nitrogen and oxygen atoms in total. The van der Waals surface area contributed by atoms with Crippen LogP contribution in [0, 0.1) is 0 Å². The Kier molecular flexibility index (Phi) is 10.6. The van der Waals surface area contributed by atoms with E-state index in [0.717, 1.165) is 37.9 Å². The minimum absolute atomic E-state index is 0. The summed E-state index contributed by atoms with van der Waals surface area (Å²) in [5.41, 5.74) is 0.0123. The number of aliphatic imine (C=N–C) groups is 1. The molecule has 1 saturated heterocycles. The zero-order chi connectivity index (χ0) is 21.4. The molecule has 172 valence electrons. The highest BCUT2D eigenvalue weighted by atomic mass is 127. The number of halogens is 2. The van der Waals surface area contributed by atoms with E-state index >= 15 is 0 Å². The number of hydrogen-bond acceptors (Lipinski definition) is 5. The van der Waals surface area contributed by atoms with Crippen LogP contribution in [0.1, 0.15) is 31.2 Å². The Balaban J connectivity index is 0.00000341. The van der Waals surface area contributed by atoms with Crippen molar-refractivity contribution in [3.8, 4) is 0 Å². The number of guanidine groups is 1. The third-order valence-corrected chi connectivity index (χ3v) is 5.40. The Labute approximate surface area is 206 Å². The fourth-order valence-corrected chi connectivity index (χ4v) is 3.59. The van der Waals surface area contributed by atoms with E-state index in [9.17, 15) is 5.11 Å². The lowest BCUT2D eigenvalue weighted by molar-refractivity contribution is 0.0169. The van der Waals surface area contributed by atoms with Crippen LogP contribution >= 0.6 is 35.6 Å². The Morgan fingerprint density at radius 2 is 1.94 bits per heavy atom. The number of furan rings is 1. The van der Waals surface area contributed by atoms with Gasteiger partial charge in [0.15, 0.2) is 5.96 Å². The fraction of sp³-hybridized carbons (Fsp3) is 0.500. The molecular weight excluding hydrogens is 531 g/mol. The molecule has 1 aliphatic rings. The molecule has 3 N–H and O–H groups in total. The molecule has 1 fully saturated rings. The monoisotopic (exact) mass is 562 g/mol. The first-order valence-electron chi connectivity index (χ1n) is 10.4. The number of hydrogen-bond donors (Lipinski definition) is 3. The average Bonchev–Trinajstić information content (AvgIpc) is 3.30. The van der Waals surface area contributed by atoms with Gasteiger partial charge in [0, 0.05) is 31.2 Å². The second kappa shape index (κ2) is 12.6. The number of nitrogens with one attached hydrogen (secondary N) is 2. The first kappa shape index (κ1) is 25.9. The summed E-state index contributed by atoms with van der Waals surface area (Å²) in [6.07, 6.45) is 1.55. The predicted molar refractivity (Wildman–Crippen MR) is 134 cm³/mol. The molecule has 0 saturated carbocycles. The zero-order valence-electron chi connectivity index (χ0n) is 18.0. The van der Waals surface area contributed by atoms with Crippen molar-refractivity contribution < 1.29 is 14.3 Å². The molecular formula is C22H32ClIN4O3. The summed E-state index contributed by atoms with van der Waals surface area (Å²) >= 11 is 6.09. The Hall–Kier alpha value is -1.33. The summed E-state index contributed by atoms with van der Waals surface area (Å²) in [4.78, 5) is 6.99. The SMILES string of the molecule is CCNC(=NCC(C)(O)c1ccco1)NCC(c1ccc(Cl)cc1)N1CCOCC1.I. The number of nitrogens with zero attached hydrogens (tertiary/aromatic N) is 2. The van der Waals surface area contributed by atoms with E-state index in [4.69, 9.17) is 20.8 Å². The van der Waals surface area contributed by atoms with Gasteiger partial charge in [0.2, 0.25) is 0 Å². The van der Waals surface area contributed by atoms with E-state index in [1.54, 1.807) is 25.3 Å². The lowest BCUT2D eigenvalue weighted by Crippen LogP contribution is -2.46. The molecule has 2 unspecified atom stereocenters. The highest BCUT2D eigenvalue weighted by Gasteiger charge is 2.27. The number of morpholine rings is 1. The van der Waals surface area contributed by atoms with Gasteiger partial charge in [-0.2, -0.15) is 0 Å². The van der Waals surface area contributed by atoms with Gasteiger partial charge in [-0.1, -0.05) is 23.7 Å². The third kappa shape index (κ3) is 7.64. The lowest BCUT2D eigenvalue weighted by Gasteiger charge is -2.35. The summed E-state index contributed by atoms with van der Waals surface area (Å²) < 4.78 is 10.9. The number of benzene rings is 1. The highest BCUT2D eigenvalue weighted by molar-refractivity contribution is 14.0. The van der Waals surface area contributed by atoms with Crippen LogP contribution in [-0.4, -0.2) is 61.9 Å². The van der Waals surface area contributed by atoms with Gasteiger partial charge in [0.25, 0.3) is 0 Å². The second-order valence-electron chi connectivity index (χ2n) is 7.54. The number of ether oxygens (including phenoxy) is 1. The molecule has 0 bridgehead atoms. The fourth-order valence-electron chi connectivity index (χ4n) is 3.46. The molecule has 0 radical (unpaired) electrons. The average molecular weight is 563 g/mol. The standard InChI is InChI=1S/C22H31ClN4O3.HI/c1-3-24-21(26-16-22(2,28)20-5-4-12-30-20)25-15-19(27-10-13-29-14-11-27)17-6-8-18(23)9-7-17;/h4-9,12,19,28H,3,10-11,13-16H2,1-2H3,(H2,24,25,26);1H. The summed E-state index contributed by atoms with van der Waals surface area (Å²) in [6, 6.07) is 11.6. The topological polar surface area (TPSA) is 82.3 Å². The summed E-state index contributed by atoms with van der Waals surface area (Å²) in [7, 11) is 0. The van der Waals surface area contributed by atoms with Crippen LogP contribution in [0.5, 0.6) is 0 Å². The van der Waals surface area contributed by atoms with Gasteiger partial charge in [-0.3, -0.25) is 4.90 Å². The Morgan fingerprint density at radius 3 is 2.55 bits per heavy atom. The van der Waals surface area contributed by atoms with Crippen LogP contribution in [0.15, 0.2) is 52.1 Å². The van der Waals surface area contributed by atoms with Gasteiger partial charge >= 0.3 is 0 Å². The van der Waals surface area contributed by atoms with Gasteiger partial charge in [0.1, 0.15) is 11.4 Å². The maximum Gasteiger partial charge on any atom is 0.191 e. The van der Waals surface area contributed by atoms with Gasteiger partial charge in [-0.05, 0) is 43.7 Å². The minimum atomic E-state index is -1.17. The summed E-state index contributed by atoms with van der Waals surface area (Å²) in [5, 5.41) is 18.1. The first-order chi connectivity index (χ1) is 14.5. The summed E-state index contributed by atoms with van der Waals surface area (Å²) in [5.74, 6) is 1.14. The van der Waals surface area contributed by atoms with E-state index in [0.29, 0.717) is 18.3 Å². The Morgan fingerprint density at radius 1 is 1.23 bits per heavy atom. The van der Waals surface area contributed by atoms with Crippen molar-refractivity contribution in [3.05, 3.63) is 59.0 Å². The molecule has 0 aliphatic carbocycles. The maximum absolute atomic E-state index is 10.7. The number of rotatable bonds is 8. The normalized spacial score (nSPS) is 18.0. The van der Waals surface area contributed by atoms with E-state index in [-0.39, 0.29) is 36.6 Å². The molecule has 2 heterocycles. The molecule has 3 rings (SSSR count). The minimum Gasteiger partial charge on any atom is -0.466 e. The van der Waals surface area contributed by atoms with Gasteiger partial charge in [-0.15, -0.1) is 24.0 Å². The largest absolute Gasteiger partial charge is 0.466 e. The van der Waals surface area contributed by atoms with Crippen LogP contribution in [0.2, 0.25) is 5.02 Å². The van der Waals surface area contributed by atoms with Gasteiger partial charge < -0.3 is 24.9 Å². The maximum atomic E-state index is 10.7. The molecule has 1 aliphatic heterocycles. The Bertz CT molecular complexity index is 794. The highest BCUT2D eigenvalue weighted by Crippen LogP contribution is 2.23. The molecule has 9 heteroatoms. The molecule has 1 aromatic carbocycles. The molecule has 1 aromatic heterocycles. The van der Waals surface area contributed by atoms with Crippen molar-refractivity contribution in [2.24, 2.45) is 4.99 Å². The van der Waals surface area contributed by atoms with Crippen molar-refractivity contribution in [2.75, 3.05) is 45.9 Å².